The van der Waals surface area contributed by atoms with Crippen molar-refractivity contribution >= 4 is 23.8 Å². The van der Waals surface area contributed by atoms with Crippen LogP contribution >= 0.6 is 12.4 Å². The molecule has 0 unspecified atom stereocenters. The lowest BCUT2D eigenvalue weighted by Crippen LogP contribution is -2.20. The maximum Gasteiger partial charge on any atom is 0.0639 e. The molecule has 2 N–H and O–H groups in total. The van der Waals surface area contributed by atoms with Gasteiger partial charge >= 0.3 is 0 Å². The Kier molecular flexibility index (Phi) is 5.26. The number of rotatable bonds is 3. The number of benzene rings is 1. The number of nitrogens with zero attached hydrogens (tertiary/aromatic N) is 1. The Morgan fingerprint density at radius 3 is 2.23 bits per heavy atom. The van der Waals surface area contributed by atoms with E-state index in [2.05, 4.69) is 0 Å². The van der Waals surface area contributed by atoms with Gasteiger partial charge < -0.3 is 5.73 Å². The summed E-state index contributed by atoms with van der Waals surface area (Å²) in [6.45, 7) is 2.85. The van der Waals surface area contributed by atoms with Gasteiger partial charge in [-0.15, -0.1) is 12.4 Å². The molecule has 1 aromatic rings. The Bertz CT molecular complexity index is 234. The summed E-state index contributed by atoms with van der Waals surface area (Å²) in [7, 11) is 1.65. The first-order valence-electron chi connectivity index (χ1n) is 3.95. The van der Waals surface area contributed by atoms with Crippen molar-refractivity contribution < 1.29 is 4.84 Å². The molecule has 0 aliphatic rings. The first kappa shape index (κ1) is 12.1. The predicted molar refractivity (Wildman–Crippen MR) is 58.1 cm³/mol. The molecule has 0 aliphatic carbocycles. The summed E-state index contributed by atoms with van der Waals surface area (Å²) in [6.07, 6.45) is 0. The van der Waals surface area contributed by atoms with Gasteiger partial charge in [0.15, 0.2) is 0 Å². The maximum atomic E-state index is 5.55. The molecule has 0 aromatic heterocycles. The van der Waals surface area contributed by atoms with E-state index in [0.29, 0.717) is 0 Å². The molecule has 1 aromatic carbocycles. The smallest absolute Gasteiger partial charge is 0.0639 e. The molecular weight excluding hydrogens is 188 g/mol. The largest absolute Gasteiger partial charge is 0.399 e. The van der Waals surface area contributed by atoms with Crippen LogP contribution in [0.3, 0.4) is 0 Å². The zero-order valence-corrected chi connectivity index (χ0v) is 8.67. The van der Waals surface area contributed by atoms with Gasteiger partial charge in [-0.05, 0) is 31.2 Å². The van der Waals surface area contributed by atoms with Crippen molar-refractivity contribution in [2.24, 2.45) is 0 Å². The van der Waals surface area contributed by atoms with Crippen LogP contribution in [0.5, 0.6) is 0 Å². The van der Waals surface area contributed by atoms with Crippen LogP contribution in [-0.2, 0) is 4.84 Å². The molecule has 3 nitrogen and oxygen atoms in total. The molecule has 0 bridgehead atoms. The Labute approximate surface area is 84.8 Å². The summed E-state index contributed by atoms with van der Waals surface area (Å²) in [4.78, 5) is 5.12. The average Bonchev–Trinajstić information content (AvgIpc) is 2.10. The van der Waals surface area contributed by atoms with Crippen molar-refractivity contribution in [3.63, 3.8) is 0 Å². The minimum Gasteiger partial charge on any atom is -0.399 e. The van der Waals surface area contributed by atoms with Gasteiger partial charge in [-0.1, -0.05) is 0 Å². The second-order valence-electron chi connectivity index (χ2n) is 2.47. The third kappa shape index (κ3) is 3.13. The van der Waals surface area contributed by atoms with E-state index in [1.54, 1.807) is 12.2 Å². The van der Waals surface area contributed by atoms with E-state index in [-0.39, 0.29) is 12.4 Å². The average molecular weight is 203 g/mol. The van der Waals surface area contributed by atoms with Gasteiger partial charge in [0.1, 0.15) is 0 Å². The van der Waals surface area contributed by atoms with Gasteiger partial charge in [-0.25, -0.2) is 0 Å². The summed E-state index contributed by atoms with van der Waals surface area (Å²) < 4.78 is 0. The Hall–Kier alpha value is -0.930. The number of anilines is 2. The van der Waals surface area contributed by atoms with E-state index in [9.17, 15) is 0 Å². The topological polar surface area (TPSA) is 38.5 Å². The minimum atomic E-state index is 0. The van der Waals surface area contributed by atoms with Crippen molar-refractivity contribution in [1.29, 1.82) is 0 Å². The number of nitrogens with two attached hydrogens (primary N) is 1. The quantitative estimate of drug-likeness (QED) is 0.603. The lowest BCUT2D eigenvalue weighted by Gasteiger charge is -2.19. The maximum absolute atomic E-state index is 5.55. The van der Waals surface area contributed by atoms with Gasteiger partial charge in [-0.2, -0.15) is 0 Å². The normalized spacial score (nSPS) is 9.08. The molecule has 0 heterocycles. The van der Waals surface area contributed by atoms with E-state index in [1.165, 1.54) is 0 Å². The molecule has 1 rings (SSSR count). The summed E-state index contributed by atoms with van der Waals surface area (Å²) in [5.74, 6) is 0. The van der Waals surface area contributed by atoms with E-state index >= 15 is 0 Å². The van der Waals surface area contributed by atoms with Crippen molar-refractivity contribution in [1.82, 2.24) is 0 Å². The van der Waals surface area contributed by atoms with Crippen LogP contribution in [0.2, 0.25) is 0 Å². The minimum absolute atomic E-state index is 0. The number of nitrogen functional groups attached to an aromatic ring is 1. The first-order chi connectivity index (χ1) is 5.77. The predicted octanol–water partition coefficient (Wildman–Crippen LogP) is 2.08. The van der Waals surface area contributed by atoms with Crippen LogP contribution in [-0.4, -0.2) is 13.7 Å². The monoisotopic (exact) mass is 202 g/mol. The summed E-state index contributed by atoms with van der Waals surface area (Å²) in [6, 6.07) is 7.58. The van der Waals surface area contributed by atoms with E-state index in [1.807, 2.05) is 31.2 Å². The number of halogens is 1. The Balaban J connectivity index is 0.00000144. The van der Waals surface area contributed by atoms with Gasteiger partial charge in [0.25, 0.3) is 0 Å². The number of hydrogen-bond donors (Lipinski definition) is 1. The van der Waals surface area contributed by atoms with Crippen LogP contribution in [0.4, 0.5) is 11.4 Å². The molecule has 0 aliphatic heterocycles. The summed E-state index contributed by atoms with van der Waals surface area (Å²) >= 11 is 0. The standard InChI is InChI=1S/C9H14N2O.ClH/c1-3-11(12-2)9-6-4-8(10)5-7-9;/h4-7H,3,10H2,1-2H3;1H. The zero-order valence-electron chi connectivity index (χ0n) is 7.86. The van der Waals surface area contributed by atoms with Crippen LogP contribution in [0.1, 0.15) is 6.92 Å². The zero-order chi connectivity index (χ0) is 8.97. The summed E-state index contributed by atoms with van der Waals surface area (Å²) in [5, 5.41) is 1.79. The van der Waals surface area contributed by atoms with Crippen LogP contribution in [0.25, 0.3) is 0 Å². The van der Waals surface area contributed by atoms with Crippen molar-refractivity contribution in [3.05, 3.63) is 24.3 Å². The molecule has 0 radical (unpaired) electrons. The second kappa shape index (κ2) is 5.67. The van der Waals surface area contributed by atoms with Gasteiger partial charge in [0.2, 0.25) is 0 Å². The number of hydrogen-bond acceptors (Lipinski definition) is 3. The van der Waals surface area contributed by atoms with Crippen molar-refractivity contribution in [3.8, 4) is 0 Å². The molecule has 0 spiro atoms. The molecule has 74 valence electrons. The van der Waals surface area contributed by atoms with Gasteiger partial charge in [0, 0.05) is 12.2 Å². The highest BCUT2D eigenvalue weighted by Crippen LogP contribution is 2.15. The fraction of sp³-hybridized carbons (Fsp3) is 0.333. The molecular formula is C9H15ClN2O. The Morgan fingerprint density at radius 2 is 1.85 bits per heavy atom. The SMILES string of the molecule is CCN(OC)c1ccc(N)cc1.Cl. The molecule has 0 saturated heterocycles. The van der Waals surface area contributed by atoms with E-state index < -0.39 is 0 Å². The van der Waals surface area contributed by atoms with Gasteiger partial charge in [0.05, 0.1) is 12.8 Å². The third-order valence-corrected chi connectivity index (χ3v) is 1.69. The van der Waals surface area contributed by atoms with Gasteiger partial charge in [-0.3, -0.25) is 9.90 Å². The van der Waals surface area contributed by atoms with Crippen LogP contribution in [0, 0.1) is 0 Å². The van der Waals surface area contributed by atoms with E-state index in [4.69, 9.17) is 10.6 Å². The number of hydroxylamine groups is 1. The Morgan fingerprint density at radius 1 is 1.31 bits per heavy atom. The highest BCUT2D eigenvalue weighted by atomic mass is 35.5. The fourth-order valence-electron chi connectivity index (χ4n) is 1.06. The molecule has 0 fully saturated rings. The van der Waals surface area contributed by atoms with E-state index in [0.717, 1.165) is 17.9 Å². The third-order valence-electron chi connectivity index (χ3n) is 1.69. The lowest BCUT2D eigenvalue weighted by atomic mass is 10.3. The highest BCUT2D eigenvalue weighted by molar-refractivity contribution is 5.85. The molecule has 0 amide bonds. The van der Waals surface area contributed by atoms with Crippen molar-refractivity contribution in [2.75, 3.05) is 24.5 Å². The lowest BCUT2D eigenvalue weighted by molar-refractivity contribution is 0.171. The molecule has 0 atom stereocenters. The fourth-order valence-corrected chi connectivity index (χ4v) is 1.06. The second-order valence-corrected chi connectivity index (χ2v) is 2.47. The van der Waals surface area contributed by atoms with Crippen molar-refractivity contribution in [2.45, 2.75) is 6.92 Å². The highest BCUT2D eigenvalue weighted by Gasteiger charge is 2.00. The molecule has 13 heavy (non-hydrogen) atoms. The summed E-state index contributed by atoms with van der Waals surface area (Å²) in [5.41, 5.74) is 7.34. The van der Waals surface area contributed by atoms with Crippen LogP contribution < -0.4 is 10.8 Å². The molecule has 0 saturated carbocycles. The molecule has 4 heteroatoms. The van der Waals surface area contributed by atoms with Crippen LogP contribution in [0.15, 0.2) is 24.3 Å². The first-order valence-corrected chi connectivity index (χ1v) is 3.95.